The van der Waals surface area contributed by atoms with E-state index in [2.05, 4.69) is 44.9 Å². The average molecular weight is 285 g/mol. The van der Waals surface area contributed by atoms with Crippen LogP contribution in [0.3, 0.4) is 0 Å². The van der Waals surface area contributed by atoms with Gasteiger partial charge in [-0.25, -0.2) is 0 Å². The maximum atomic E-state index is 11.0. The molecule has 0 aliphatic rings. The molecular formula is C13H17BrO2. The summed E-state index contributed by atoms with van der Waals surface area (Å²) >= 11 is 3.42. The third-order valence-corrected chi connectivity index (χ3v) is 3.00. The highest BCUT2D eigenvalue weighted by molar-refractivity contribution is 9.09. The Morgan fingerprint density at radius 1 is 1.31 bits per heavy atom. The van der Waals surface area contributed by atoms with E-state index in [1.165, 1.54) is 18.2 Å². The molecule has 0 saturated carbocycles. The lowest BCUT2D eigenvalue weighted by Gasteiger charge is -2.04. The van der Waals surface area contributed by atoms with Crippen LogP contribution in [0.1, 0.15) is 24.0 Å². The minimum absolute atomic E-state index is 0.147. The molecule has 88 valence electrons. The molecule has 0 fully saturated rings. The van der Waals surface area contributed by atoms with Crippen LogP contribution in [-0.4, -0.2) is 18.4 Å². The Kier molecular flexibility index (Phi) is 6.16. The van der Waals surface area contributed by atoms with Crippen molar-refractivity contribution in [3.63, 3.8) is 0 Å². The van der Waals surface area contributed by atoms with Gasteiger partial charge in [-0.2, -0.15) is 0 Å². The zero-order chi connectivity index (χ0) is 11.8. The van der Waals surface area contributed by atoms with Gasteiger partial charge in [-0.15, -0.1) is 0 Å². The van der Waals surface area contributed by atoms with Crippen LogP contribution < -0.4 is 0 Å². The van der Waals surface area contributed by atoms with Gasteiger partial charge in [0, 0.05) is 11.8 Å². The van der Waals surface area contributed by atoms with Gasteiger partial charge >= 0.3 is 5.97 Å². The molecule has 0 aliphatic heterocycles. The number of hydrogen-bond donors (Lipinski definition) is 0. The largest absolute Gasteiger partial charge is 0.469 e. The molecule has 1 rings (SSSR count). The van der Waals surface area contributed by atoms with Gasteiger partial charge in [-0.1, -0.05) is 40.2 Å². The number of rotatable bonds is 6. The highest BCUT2D eigenvalue weighted by Crippen LogP contribution is 2.10. The number of carbonyl (C=O) groups excluding carboxylic acids is 1. The third kappa shape index (κ3) is 4.79. The number of benzene rings is 1. The lowest BCUT2D eigenvalue weighted by molar-refractivity contribution is -0.140. The van der Waals surface area contributed by atoms with Crippen LogP contribution in [0.15, 0.2) is 24.3 Å². The number of ether oxygens (including phenoxy) is 1. The molecule has 0 aromatic heterocycles. The topological polar surface area (TPSA) is 26.3 Å². The SMILES string of the molecule is COC(=O)CCc1cccc(CCCBr)c1. The van der Waals surface area contributed by atoms with Gasteiger partial charge in [0.05, 0.1) is 7.11 Å². The summed E-state index contributed by atoms with van der Waals surface area (Å²) in [6, 6.07) is 8.41. The highest BCUT2D eigenvalue weighted by atomic mass is 79.9. The van der Waals surface area contributed by atoms with Crippen LogP contribution >= 0.6 is 15.9 Å². The van der Waals surface area contributed by atoms with Crippen LogP contribution in [0.25, 0.3) is 0 Å². The maximum Gasteiger partial charge on any atom is 0.305 e. The van der Waals surface area contributed by atoms with E-state index < -0.39 is 0 Å². The highest BCUT2D eigenvalue weighted by Gasteiger charge is 2.02. The second-order valence-corrected chi connectivity index (χ2v) is 4.48. The molecule has 0 atom stereocenters. The Bertz CT molecular complexity index is 336. The summed E-state index contributed by atoms with van der Waals surface area (Å²) in [6.07, 6.45) is 3.44. The molecule has 2 nitrogen and oxygen atoms in total. The molecule has 0 saturated heterocycles. The summed E-state index contributed by atoms with van der Waals surface area (Å²) in [7, 11) is 1.43. The third-order valence-electron chi connectivity index (χ3n) is 2.44. The zero-order valence-electron chi connectivity index (χ0n) is 9.54. The molecule has 16 heavy (non-hydrogen) atoms. The standard InChI is InChI=1S/C13H17BrO2/c1-16-13(15)8-7-12-5-2-4-11(10-12)6-3-9-14/h2,4-5,10H,3,6-9H2,1H3. The summed E-state index contributed by atoms with van der Waals surface area (Å²) in [5, 5.41) is 1.03. The Morgan fingerprint density at radius 3 is 2.62 bits per heavy atom. The summed E-state index contributed by atoms with van der Waals surface area (Å²) in [5.41, 5.74) is 2.54. The Morgan fingerprint density at radius 2 is 2.00 bits per heavy atom. The first kappa shape index (κ1) is 13.2. The molecule has 0 unspecified atom stereocenters. The van der Waals surface area contributed by atoms with Crippen LogP contribution in [0.2, 0.25) is 0 Å². The lowest BCUT2D eigenvalue weighted by atomic mass is 10.0. The van der Waals surface area contributed by atoms with E-state index in [0.29, 0.717) is 6.42 Å². The van der Waals surface area contributed by atoms with E-state index in [9.17, 15) is 4.79 Å². The summed E-state index contributed by atoms with van der Waals surface area (Å²) in [5.74, 6) is -0.147. The van der Waals surface area contributed by atoms with Gasteiger partial charge in [-0.05, 0) is 30.4 Å². The molecule has 3 heteroatoms. The van der Waals surface area contributed by atoms with Crippen molar-refractivity contribution in [1.82, 2.24) is 0 Å². The van der Waals surface area contributed by atoms with Crippen LogP contribution in [0.4, 0.5) is 0 Å². The molecule has 0 radical (unpaired) electrons. The van der Waals surface area contributed by atoms with Gasteiger partial charge < -0.3 is 4.74 Å². The number of aryl methyl sites for hydroxylation is 2. The smallest absolute Gasteiger partial charge is 0.305 e. The fourth-order valence-electron chi connectivity index (χ4n) is 1.56. The van der Waals surface area contributed by atoms with Crippen molar-refractivity contribution in [1.29, 1.82) is 0 Å². The quantitative estimate of drug-likeness (QED) is 0.593. The number of halogens is 1. The number of methoxy groups -OCH3 is 1. The predicted octanol–water partition coefficient (Wildman–Crippen LogP) is 3.12. The van der Waals surface area contributed by atoms with Crippen molar-refractivity contribution >= 4 is 21.9 Å². The average Bonchev–Trinajstić information content (AvgIpc) is 2.34. The first-order valence-corrected chi connectivity index (χ1v) is 6.59. The minimum atomic E-state index is -0.147. The van der Waals surface area contributed by atoms with Crippen molar-refractivity contribution in [2.45, 2.75) is 25.7 Å². The zero-order valence-corrected chi connectivity index (χ0v) is 11.1. The Labute approximate surface area is 105 Å². The first-order valence-electron chi connectivity index (χ1n) is 5.47. The molecule has 0 aliphatic carbocycles. The van der Waals surface area contributed by atoms with Crippen LogP contribution in [0.5, 0.6) is 0 Å². The van der Waals surface area contributed by atoms with Crippen molar-refractivity contribution < 1.29 is 9.53 Å². The fourth-order valence-corrected chi connectivity index (χ4v) is 1.84. The fraction of sp³-hybridized carbons (Fsp3) is 0.462. The normalized spacial score (nSPS) is 10.1. The van der Waals surface area contributed by atoms with Gasteiger partial charge in [0.25, 0.3) is 0 Å². The lowest BCUT2D eigenvalue weighted by Crippen LogP contribution is -2.02. The molecule has 0 spiro atoms. The van der Waals surface area contributed by atoms with E-state index in [0.717, 1.165) is 24.6 Å². The molecule has 0 bridgehead atoms. The first-order chi connectivity index (χ1) is 7.76. The van der Waals surface area contributed by atoms with Gasteiger partial charge in [0.2, 0.25) is 0 Å². The Hall–Kier alpha value is -0.830. The second-order valence-electron chi connectivity index (χ2n) is 3.69. The van der Waals surface area contributed by atoms with Crippen molar-refractivity contribution in [2.24, 2.45) is 0 Å². The molecular weight excluding hydrogens is 268 g/mol. The van der Waals surface area contributed by atoms with Crippen LogP contribution in [-0.2, 0) is 22.4 Å². The summed E-state index contributed by atoms with van der Waals surface area (Å²) in [6.45, 7) is 0. The van der Waals surface area contributed by atoms with Gasteiger partial charge in [0.1, 0.15) is 0 Å². The van der Waals surface area contributed by atoms with E-state index >= 15 is 0 Å². The van der Waals surface area contributed by atoms with E-state index in [-0.39, 0.29) is 5.97 Å². The predicted molar refractivity (Wildman–Crippen MR) is 68.9 cm³/mol. The monoisotopic (exact) mass is 284 g/mol. The number of carbonyl (C=O) groups is 1. The number of hydrogen-bond acceptors (Lipinski definition) is 2. The summed E-state index contributed by atoms with van der Waals surface area (Å²) in [4.78, 5) is 11.0. The molecule has 0 heterocycles. The van der Waals surface area contributed by atoms with E-state index in [4.69, 9.17) is 0 Å². The van der Waals surface area contributed by atoms with E-state index in [1.54, 1.807) is 0 Å². The summed E-state index contributed by atoms with van der Waals surface area (Å²) < 4.78 is 4.62. The minimum Gasteiger partial charge on any atom is -0.469 e. The van der Waals surface area contributed by atoms with Gasteiger partial charge in [-0.3, -0.25) is 4.79 Å². The Balaban J connectivity index is 2.50. The number of alkyl halides is 1. The van der Waals surface area contributed by atoms with Gasteiger partial charge in [0.15, 0.2) is 0 Å². The van der Waals surface area contributed by atoms with Crippen molar-refractivity contribution in [3.8, 4) is 0 Å². The van der Waals surface area contributed by atoms with Crippen molar-refractivity contribution in [2.75, 3.05) is 12.4 Å². The van der Waals surface area contributed by atoms with Crippen LogP contribution in [0, 0.1) is 0 Å². The second kappa shape index (κ2) is 7.44. The van der Waals surface area contributed by atoms with E-state index in [1.807, 2.05) is 0 Å². The van der Waals surface area contributed by atoms with Crippen molar-refractivity contribution in [3.05, 3.63) is 35.4 Å². The number of esters is 1. The molecule has 1 aromatic carbocycles. The maximum absolute atomic E-state index is 11.0. The molecule has 1 aromatic rings. The molecule has 0 N–H and O–H groups in total. The molecule has 0 amide bonds.